The number of nitrogens with zero attached hydrogens (tertiary/aromatic N) is 3. The van der Waals surface area contributed by atoms with Gasteiger partial charge in [-0.2, -0.15) is 0 Å². The molecule has 1 N–H and O–H groups in total. The molecule has 8 heteroatoms. The average Bonchev–Trinajstić information content (AvgIpc) is 3.11. The lowest BCUT2D eigenvalue weighted by molar-refractivity contribution is -0.133. The Hall–Kier alpha value is -2.74. The van der Waals surface area contributed by atoms with Gasteiger partial charge in [-0.15, -0.1) is 0 Å². The van der Waals surface area contributed by atoms with Crippen LogP contribution in [-0.2, 0) is 11.3 Å². The van der Waals surface area contributed by atoms with Crippen LogP contribution < -0.4 is 14.8 Å². The van der Waals surface area contributed by atoms with Crippen molar-refractivity contribution in [3.8, 4) is 11.5 Å². The molecule has 2 aromatic rings. The summed E-state index contributed by atoms with van der Waals surface area (Å²) in [4.78, 5) is 32.8. The summed E-state index contributed by atoms with van der Waals surface area (Å²) in [7, 11) is 3.27. The molecule has 3 heterocycles. The Kier molecular flexibility index (Phi) is 8.64. The number of carbonyl (C=O) groups is 2. The van der Waals surface area contributed by atoms with Crippen LogP contribution in [0.5, 0.6) is 11.5 Å². The summed E-state index contributed by atoms with van der Waals surface area (Å²) >= 11 is 0. The Labute approximate surface area is 239 Å². The van der Waals surface area contributed by atoms with E-state index in [9.17, 15) is 9.59 Å². The van der Waals surface area contributed by atoms with Gasteiger partial charge in [0.15, 0.2) is 0 Å². The molecular formula is C32H48N4O4. The standard InChI is InChI=1S/C32H48N4O4/c1-22-17-23(2)20-34(19-22)15-10-16-36-30(37)26-18-25-27(39-4)13-14-28(40-5)29(25)35(26)21-32(36,3)31(38)33-24-11-8-6-7-9-12-24/h13-14,18,22-24H,6-12,15-17,19-21H2,1-5H3,(H,33,38)/t22-,23+,32-/m0/s1. The highest BCUT2D eigenvalue weighted by Gasteiger charge is 2.48. The molecule has 1 saturated carbocycles. The molecule has 0 spiro atoms. The zero-order valence-corrected chi connectivity index (χ0v) is 25.1. The maximum atomic E-state index is 14.3. The van der Waals surface area contributed by atoms with Crippen LogP contribution in [0, 0.1) is 11.8 Å². The van der Waals surface area contributed by atoms with Gasteiger partial charge in [0.25, 0.3) is 5.91 Å². The van der Waals surface area contributed by atoms with Crippen molar-refractivity contribution in [2.24, 2.45) is 11.8 Å². The van der Waals surface area contributed by atoms with Gasteiger partial charge in [-0.3, -0.25) is 9.59 Å². The van der Waals surface area contributed by atoms with E-state index in [-0.39, 0.29) is 17.9 Å². The Morgan fingerprint density at radius 1 is 1.00 bits per heavy atom. The Morgan fingerprint density at radius 3 is 2.30 bits per heavy atom. The number of hydrogen-bond donors (Lipinski definition) is 1. The van der Waals surface area contributed by atoms with Gasteiger partial charge in [0, 0.05) is 31.1 Å². The molecule has 0 unspecified atom stereocenters. The van der Waals surface area contributed by atoms with Crippen molar-refractivity contribution in [3.63, 3.8) is 0 Å². The number of ether oxygens (including phenoxy) is 2. The van der Waals surface area contributed by atoms with E-state index in [4.69, 9.17) is 9.47 Å². The monoisotopic (exact) mass is 552 g/mol. The zero-order valence-electron chi connectivity index (χ0n) is 25.1. The van der Waals surface area contributed by atoms with Crippen molar-refractivity contribution >= 4 is 22.7 Å². The maximum absolute atomic E-state index is 14.3. The zero-order chi connectivity index (χ0) is 28.4. The molecule has 5 rings (SSSR count). The quantitative estimate of drug-likeness (QED) is 0.463. The van der Waals surface area contributed by atoms with Crippen LogP contribution in [-0.4, -0.2) is 78.2 Å². The largest absolute Gasteiger partial charge is 0.496 e. The highest BCUT2D eigenvalue weighted by molar-refractivity contribution is 6.05. The smallest absolute Gasteiger partial charge is 0.271 e. The molecule has 1 aromatic heterocycles. The number of fused-ring (bicyclic) bond motifs is 3. The Bertz CT molecular complexity index is 1210. The number of likely N-dealkylation sites (tertiary alicyclic amines) is 1. The van der Waals surface area contributed by atoms with Crippen molar-refractivity contribution in [1.29, 1.82) is 0 Å². The van der Waals surface area contributed by atoms with Gasteiger partial charge in [-0.25, -0.2) is 0 Å². The molecule has 0 radical (unpaired) electrons. The van der Waals surface area contributed by atoms with E-state index in [1.54, 1.807) is 14.2 Å². The highest BCUT2D eigenvalue weighted by Crippen LogP contribution is 2.40. The van der Waals surface area contributed by atoms with Crippen molar-refractivity contribution in [2.75, 3.05) is 40.4 Å². The van der Waals surface area contributed by atoms with Crippen LogP contribution in [0.1, 0.15) is 82.6 Å². The van der Waals surface area contributed by atoms with Crippen molar-refractivity contribution in [1.82, 2.24) is 19.7 Å². The number of carbonyl (C=O) groups excluding carboxylic acids is 2. The maximum Gasteiger partial charge on any atom is 0.271 e. The summed E-state index contributed by atoms with van der Waals surface area (Å²) in [5.41, 5.74) is 0.367. The second-order valence-electron chi connectivity index (χ2n) is 12.8. The first kappa shape index (κ1) is 28.8. The van der Waals surface area contributed by atoms with Crippen molar-refractivity contribution in [2.45, 2.75) is 90.3 Å². The summed E-state index contributed by atoms with van der Waals surface area (Å²) < 4.78 is 13.4. The molecule has 1 aliphatic carbocycles. The third kappa shape index (κ3) is 5.56. The first-order chi connectivity index (χ1) is 19.2. The van der Waals surface area contributed by atoms with Gasteiger partial charge in [0.05, 0.1) is 26.3 Å². The number of amides is 2. The first-order valence-corrected chi connectivity index (χ1v) is 15.3. The fraction of sp³-hybridized carbons (Fsp3) is 0.688. The summed E-state index contributed by atoms with van der Waals surface area (Å²) in [5, 5.41) is 4.21. The third-order valence-electron chi connectivity index (χ3n) is 9.43. The van der Waals surface area contributed by atoms with Gasteiger partial charge >= 0.3 is 0 Å². The van der Waals surface area contributed by atoms with Gasteiger partial charge in [-0.1, -0.05) is 39.5 Å². The second-order valence-corrected chi connectivity index (χ2v) is 12.8. The second kappa shape index (κ2) is 12.0. The van der Waals surface area contributed by atoms with E-state index in [2.05, 4.69) is 24.1 Å². The minimum absolute atomic E-state index is 0.0534. The minimum Gasteiger partial charge on any atom is -0.496 e. The van der Waals surface area contributed by atoms with Gasteiger partial charge in [0.1, 0.15) is 22.7 Å². The van der Waals surface area contributed by atoms with E-state index < -0.39 is 5.54 Å². The predicted octanol–water partition coefficient (Wildman–Crippen LogP) is 5.08. The molecule has 2 amide bonds. The molecule has 220 valence electrons. The summed E-state index contributed by atoms with van der Waals surface area (Å²) in [6.45, 7) is 10.7. The molecule has 2 aliphatic heterocycles. The van der Waals surface area contributed by atoms with Crippen LogP contribution in [0.4, 0.5) is 0 Å². The summed E-state index contributed by atoms with van der Waals surface area (Å²) in [5.74, 6) is 2.58. The first-order valence-electron chi connectivity index (χ1n) is 15.3. The fourth-order valence-corrected chi connectivity index (χ4v) is 7.50. The number of piperidine rings is 1. The van der Waals surface area contributed by atoms with Gasteiger partial charge in [-0.05, 0) is 69.2 Å². The molecule has 8 nitrogen and oxygen atoms in total. The van der Waals surface area contributed by atoms with Crippen LogP contribution in [0.15, 0.2) is 18.2 Å². The Balaban J connectivity index is 1.46. The molecule has 3 aliphatic rings. The number of methoxy groups -OCH3 is 2. The van der Waals surface area contributed by atoms with Crippen LogP contribution in [0.3, 0.4) is 0 Å². The molecule has 40 heavy (non-hydrogen) atoms. The summed E-state index contributed by atoms with van der Waals surface area (Å²) in [6.07, 6.45) is 8.85. The van der Waals surface area contributed by atoms with E-state index in [0.717, 1.165) is 62.6 Å². The summed E-state index contributed by atoms with van der Waals surface area (Å²) in [6, 6.07) is 5.81. The van der Waals surface area contributed by atoms with Crippen molar-refractivity contribution < 1.29 is 19.1 Å². The molecule has 1 saturated heterocycles. The number of benzene rings is 1. The molecule has 2 fully saturated rings. The van der Waals surface area contributed by atoms with Gasteiger partial charge in [0.2, 0.25) is 5.91 Å². The number of aromatic nitrogens is 1. The van der Waals surface area contributed by atoms with Crippen LogP contribution in [0.2, 0.25) is 0 Å². The topological polar surface area (TPSA) is 76.0 Å². The van der Waals surface area contributed by atoms with Crippen molar-refractivity contribution in [3.05, 3.63) is 23.9 Å². The predicted molar refractivity (Wildman–Crippen MR) is 158 cm³/mol. The van der Waals surface area contributed by atoms with E-state index in [1.807, 2.05) is 34.6 Å². The van der Waals surface area contributed by atoms with E-state index >= 15 is 0 Å². The molecule has 1 aromatic carbocycles. The SMILES string of the molecule is COc1ccc(OC)c2c1cc1n2C[C@@](C)(C(=O)NC2CCCCCC2)N(CCCN2C[C@H](C)C[C@H](C)C2)C1=O. The number of rotatable bonds is 8. The van der Waals surface area contributed by atoms with E-state index in [1.165, 1.54) is 19.3 Å². The van der Waals surface area contributed by atoms with E-state index in [0.29, 0.717) is 42.1 Å². The molecule has 3 atom stereocenters. The van der Waals surface area contributed by atoms with Gasteiger partial charge < -0.3 is 29.2 Å². The third-order valence-corrected chi connectivity index (χ3v) is 9.43. The number of hydrogen-bond acceptors (Lipinski definition) is 5. The van der Waals surface area contributed by atoms with Crippen LogP contribution in [0.25, 0.3) is 10.9 Å². The number of nitrogens with one attached hydrogen (secondary N) is 1. The lowest BCUT2D eigenvalue weighted by Crippen LogP contribution is -2.65. The Morgan fingerprint density at radius 2 is 1.65 bits per heavy atom. The highest BCUT2D eigenvalue weighted by atomic mass is 16.5. The molecular weight excluding hydrogens is 504 g/mol. The minimum atomic E-state index is -1.01. The molecule has 0 bridgehead atoms. The lowest BCUT2D eigenvalue weighted by atomic mass is 9.91. The average molecular weight is 553 g/mol. The lowest BCUT2D eigenvalue weighted by Gasteiger charge is -2.45. The van der Waals surface area contributed by atoms with Crippen LogP contribution >= 0.6 is 0 Å². The normalized spacial score (nSPS) is 26.4. The fourth-order valence-electron chi connectivity index (χ4n) is 7.50.